The molecule has 0 unspecified atom stereocenters. The van der Waals surface area contributed by atoms with Crippen molar-refractivity contribution in [3.63, 3.8) is 0 Å². The summed E-state index contributed by atoms with van der Waals surface area (Å²) < 4.78 is 0. The summed E-state index contributed by atoms with van der Waals surface area (Å²) in [5, 5.41) is 12.2. The van der Waals surface area contributed by atoms with E-state index in [0.29, 0.717) is 0 Å². The SMILES string of the molecule is C=C(O)c1ccc2cccc(C3=C(C)CCC(C)=C(C4CC4)S3)c2c1. The molecule has 1 saturated carbocycles. The van der Waals surface area contributed by atoms with Crippen LogP contribution in [-0.2, 0) is 0 Å². The van der Waals surface area contributed by atoms with Gasteiger partial charge < -0.3 is 5.11 Å². The quantitative estimate of drug-likeness (QED) is 0.587. The van der Waals surface area contributed by atoms with Gasteiger partial charge in [-0.2, -0.15) is 0 Å². The maximum absolute atomic E-state index is 9.82. The first kappa shape index (κ1) is 16.5. The molecule has 25 heavy (non-hydrogen) atoms. The van der Waals surface area contributed by atoms with Crippen LogP contribution in [0.5, 0.6) is 0 Å². The molecule has 0 amide bonds. The first-order valence-electron chi connectivity index (χ1n) is 9.03. The van der Waals surface area contributed by atoms with Crippen LogP contribution in [0.1, 0.15) is 50.7 Å². The smallest absolute Gasteiger partial charge is 0.115 e. The minimum Gasteiger partial charge on any atom is -0.508 e. The fourth-order valence-electron chi connectivity index (χ4n) is 3.61. The summed E-state index contributed by atoms with van der Waals surface area (Å²) in [6.07, 6.45) is 5.00. The largest absolute Gasteiger partial charge is 0.508 e. The number of hydrogen-bond donors (Lipinski definition) is 1. The summed E-state index contributed by atoms with van der Waals surface area (Å²) in [7, 11) is 0. The second-order valence-corrected chi connectivity index (χ2v) is 8.37. The normalized spacial score (nSPS) is 18.6. The highest BCUT2D eigenvalue weighted by atomic mass is 32.2. The molecular formula is C23H24OS. The summed E-state index contributed by atoms with van der Waals surface area (Å²) in [4.78, 5) is 3.01. The molecular weight excluding hydrogens is 324 g/mol. The number of aliphatic hydroxyl groups is 1. The van der Waals surface area contributed by atoms with Gasteiger partial charge in [-0.3, -0.25) is 0 Å². The Labute approximate surface area is 154 Å². The van der Waals surface area contributed by atoms with E-state index >= 15 is 0 Å². The van der Waals surface area contributed by atoms with E-state index in [1.807, 2.05) is 17.8 Å². The van der Waals surface area contributed by atoms with Crippen LogP contribution >= 0.6 is 11.8 Å². The Morgan fingerprint density at radius 2 is 1.84 bits per heavy atom. The first-order valence-corrected chi connectivity index (χ1v) is 9.85. The molecule has 0 saturated heterocycles. The lowest BCUT2D eigenvalue weighted by Crippen LogP contribution is -1.90. The minimum absolute atomic E-state index is 0.130. The molecule has 0 aromatic heterocycles. The van der Waals surface area contributed by atoms with Gasteiger partial charge in [-0.05, 0) is 72.8 Å². The van der Waals surface area contributed by atoms with Gasteiger partial charge in [0.25, 0.3) is 0 Å². The Morgan fingerprint density at radius 1 is 1.08 bits per heavy atom. The standard InChI is InChI=1S/C23H24OS/c1-14-7-8-15(2)23(25-22(14)18-10-11-18)20-6-4-5-17-9-12-19(16(3)24)13-21(17)20/h4-6,9,12-13,18,24H,3,7-8,10-11H2,1-2H3. The van der Waals surface area contributed by atoms with E-state index in [1.165, 1.54) is 46.1 Å². The predicted molar refractivity (Wildman–Crippen MR) is 110 cm³/mol. The van der Waals surface area contributed by atoms with Crippen molar-refractivity contribution in [1.82, 2.24) is 0 Å². The van der Waals surface area contributed by atoms with Crippen molar-refractivity contribution in [2.24, 2.45) is 5.92 Å². The molecule has 2 aliphatic rings. The van der Waals surface area contributed by atoms with Crippen molar-refractivity contribution in [3.05, 3.63) is 70.2 Å². The second-order valence-electron chi connectivity index (χ2n) is 7.32. The summed E-state index contributed by atoms with van der Waals surface area (Å²) in [6, 6.07) is 12.6. The highest BCUT2D eigenvalue weighted by Gasteiger charge is 2.30. The van der Waals surface area contributed by atoms with Gasteiger partial charge in [-0.25, -0.2) is 0 Å². The molecule has 4 rings (SSSR count). The number of allylic oxidation sites excluding steroid dienone is 3. The number of aliphatic hydroxyl groups excluding tert-OH is 1. The maximum atomic E-state index is 9.82. The fourth-order valence-corrected chi connectivity index (χ4v) is 5.07. The number of benzene rings is 2. The van der Waals surface area contributed by atoms with Crippen LogP contribution in [0.2, 0.25) is 0 Å². The van der Waals surface area contributed by atoms with Crippen molar-refractivity contribution in [2.75, 3.05) is 0 Å². The zero-order valence-electron chi connectivity index (χ0n) is 14.9. The molecule has 1 fully saturated rings. The van der Waals surface area contributed by atoms with Crippen molar-refractivity contribution in [3.8, 4) is 0 Å². The Balaban J connectivity index is 1.87. The van der Waals surface area contributed by atoms with Gasteiger partial charge in [0, 0.05) is 10.5 Å². The van der Waals surface area contributed by atoms with E-state index in [2.05, 4.69) is 50.8 Å². The van der Waals surface area contributed by atoms with E-state index in [4.69, 9.17) is 0 Å². The van der Waals surface area contributed by atoms with Crippen molar-refractivity contribution in [1.29, 1.82) is 0 Å². The van der Waals surface area contributed by atoms with Gasteiger partial charge in [-0.1, -0.05) is 59.8 Å². The molecule has 1 N–H and O–H groups in total. The zero-order chi connectivity index (χ0) is 17.6. The topological polar surface area (TPSA) is 20.2 Å². The van der Waals surface area contributed by atoms with E-state index in [1.54, 1.807) is 10.5 Å². The van der Waals surface area contributed by atoms with Crippen LogP contribution in [0.25, 0.3) is 21.4 Å². The number of hydrogen-bond acceptors (Lipinski definition) is 2. The highest BCUT2D eigenvalue weighted by Crippen LogP contribution is 2.52. The van der Waals surface area contributed by atoms with Gasteiger partial charge in [0.2, 0.25) is 0 Å². The van der Waals surface area contributed by atoms with E-state index in [-0.39, 0.29) is 5.76 Å². The monoisotopic (exact) mass is 348 g/mol. The molecule has 0 bridgehead atoms. The highest BCUT2D eigenvalue weighted by molar-refractivity contribution is 8.11. The van der Waals surface area contributed by atoms with Crippen LogP contribution in [-0.4, -0.2) is 5.11 Å². The van der Waals surface area contributed by atoms with Crippen molar-refractivity contribution < 1.29 is 5.11 Å². The Kier molecular flexibility index (Phi) is 4.24. The Hall–Kier alpha value is -1.93. The lowest BCUT2D eigenvalue weighted by molar-refractivity contribution is 0.514. The zero-order valence-corrected chi connectivity index (χ0v) is 15.7. The second kappa shape index (κ2) is 6.42. The van der Waals surface area contributed by atoms with E-state index in [0.717, 1.165) is 17.9 Å². The molecule has 0 atom stereocenters. The van der Waals surface area contributed by atoms with Gasteiger partial charge in [0.1, 0.15) is 5.76 Å². The van der Waals surface area contributed by atoms with Crippen LogP contribution in [0.3, 0.4) is 0 Å². The third-order valence-electron chi connectivity index (χ3n) is 5.30. The third kappa shape index (κ3) is 3.16. The molecule has 1 aliphatic carbocycles. The van der Waals surface area contributed by atoms with Gasteiger partial charge >= 0.3 is 0 Å². The molecule has 1 heterocycles. The first-order chi connectivity index (χ1) is 12.0. The number of rotatable bonds is 3. The van der Waals surface area contributed by atoms with Gasteiger partial charge in [0.15, 0.2) is 0 Å². The van der Waals surface area contributed by atoms with Crippen LogP contribution in [0.4, 0.5) is 0 Å². The Morgan fingerprint density at radius 3 is 2.56 bits per heavy atom. The third-order valence-corrected chi connectivity index (χ3v) is 6.98. The van der Waals surface area contributed by atoms with Gasteiger partial charge in [-0.15, -0.1) is 0 Å². The van der Waals surface area contributed by atoms with Gasteiger partial charge in [0.05, 0.1) is 0 Å². The molecule has 1 nitrogen and oxygen atoms in total. The molecule has 2 aromatic rings. The van der Waals surface area contributed by atoms with Crippen LogP contribution < -0.4 is 0 Å². The molecule has 0 radical (unpaired) electrons. The molecule has 0 spiro atoms. The van der Waals surface area contributed by atoms with Crippen LogP contribution in [0, 0.1) is 5.92 Å². The summed E-state index contributed by atoms with van der Waals surface area (Å²) in [5.41, 5.74) is 5.13. The number of fused-ring (bicyclic) bond motifs is 1. The average molecular weight is 349 g/mol. The molecule has 2 heteroatoms. The minimum atomic E-state index is 0.130. The summed E-state index contributed by atoms with van der Waals surface area (Å²) >= 11 is 2.00. The number of thioether (sulfide) groups is 1. The van der Waals surface area contributed by atoms with E-state index < -0.39 is 0 Å². The molecule has 1 aliphatic heterocycles. The average Bonchev–Trinajstić information content (AvgIpc) is 3.44. The van der Waals surface area contributed by atoms with Crippen molar-refractivity contribution in [2.45, 2.75) is 39.5 Å². The lowest BCUT2D eigenvalue weighted by Gasteiger charge is -2.15. The summed E-state index contributed by atoms with van der Waals surface area (Å²) in [6.45, 7) is 8.28. The predicted octanol–water partition coefficient (Wildman–Crippen LogP) is 7.31. The van der Waals surface area contributed by atoms with E-state index in [9.17, 15) is 5.11 Å². The molecule has 128 valence electrons. The van der Waals surface area contributed by atoms with Crippen molar-refractivity contribution >= 4 is 33.2 Å². The maximum Gasteiger partial charge on any atom is 0.115 e. The molecule has 2 aromatic carbocycles. The summed E-state index contributed by atoms with van der Waals surface area (Å²) in [5.74, 6) is 0.916. The lowest BCUT2D eigenvalue weighted by atomic mass is 9.98. The Bertz CT molecular complexity index is 928. The fraction of sp³-hybridized carbons (Fsp3) is 0.304. The van der Waals surface area contributed by atoms with Crippen LogP contribution in [0.15, 0.2) is 59.0 Å².